The van der Waals surface area contributed by atoms with Crippen molar-refractivity contribution in [1.82, 2.24) is 14.8 Å². The Morgan fingerprint density at radius 1 is 1.00 bits per heavy atom. The van der Waals surface area contributed by atoms with Gasteiger partial charge in [-0.2, -0.15) is 0 Å². The Balaban J connectivity index is 1.54. The normalized spacial score (nSPS) is 11.4. The van der Waals surface area contributed by atoms with Gasteiger partial charge in [0.25, 0.3) is 0 Å². The topological polar surface area (TPSA) is 60.9 Å². The molecule has 0 amide bonds. The van der Waals surface area contributed by atoms with Crippen LogP contribution in [0.2, 0.25) is 0 Å². The summed E-state index contributed by atoms with van der Waals surface area (Å²) in [5.74, 6) is 1.43. The molecule has 0 fully saturated rings. The van der Waals surface area contributed by atoms with Crippen LogP contribution >= 0.6 is 11.8 Å². The molecule has 0 atom stereocenters. The molecule has 2 heterocycles. The minimum atomic E-state index is -0.341. The first-order valence-corrected chi connectivity index (χ1v) is 10.6. The van der Waals surface area contributed by atoms with Crippen molar-refractivity contribution < 1.29 is 4.42 Å². The molecule has 148 valence electrons. The van der Waals surface area contributed by atoms with Crippen molar-refractivity contribution in [2.24, 2.45) is 7.05 Å². The number of rotatable bonds is 4. The fourth-order valence-corrected chi connectivity index (χ4v) is 4.67. The molecule has 0 bridgehead atoms. The van der Waals surface area contributed by atoms with Crippen LogP contribution < -0.4 is 5.63 Å². The van der Waals surface area contributed by atoms with Gasteiger partial charge in [-0.25, -0.2) is 4.79 Å². The van der Waals surface area contributed by atoms with E-state index in [1.54, 1.807) is 17.8 Å². The minimum absolute atomic E-state index is 0.341. The average molecular weight is 414 g/mol. The molecule has 6 heteroatoms. The van der Waals surface area contributed by atoms with Gasteiger partial charge in [-0.1, -0.05) is 66.4 Å². The average Bonchev–Trinajstić information content (AvgIpc) is 3.12. The summed E-state index contributed by atoms with van der Waals surface area (Å²) in [4.78, 5) is 12.1. The standard InChI is InChI=1S/C24H19N3O2S/c1-15-7-3-5-9-18(15)23-25-26-24(27(23)2)30-14-17-13-21(28)29-20-12-11-16-8-4-6-10-19(16)22(17)20/h3-13H,14H2,1-2H3. The lowest BCUT2D eigenvalue weighted by atomic mass is 10.0. The number of aryl methyl sites for hydroxylation is 1. The molecular formula is C24H19N3O2S. The lowest BCUT2D eigenvalue weighted by Gasteiger charge is -2.09. The SMILES string of the molecule is Cc1ccccc1-c1nnc(SCc2cc(=O)oc3ccc4ccccc4c23)n1C. The molecule has 0 N–H and O–H groups in total. The number of hydrogen-bond acceptors (Lipinski definition) is 5. The Labute approximate surface area is 177 Å². The number of hydrogen-bond donors (Lipinski definition) is 0. The first-order valence-electron chi connectivity index (χ1n) is 9.64. The molecule has 3 aromatic carbocycles. The predicted molar refractivity (Wildman–Crippen MR) is 121 cm³/mol. The molecule has 0 unspecified atom stereocenters. The molecule has 0 spiro atoms. The van der Waals surface area contributed by atoms with Gasteiger partial charge < -0.3 is 8.98 Å². The molecule has 0 aliphatic rings. The Kier molecular flexibility index (Phi) is 4.64. The van der Waals surface area contributed by atoms with Crippen molar-refractivity contribution >= 4 is 33.5 Å². The highest BCUT2D eigenvalue weighted by Crippen LogP contribution is 2.32. The van der Waals surface area contributed by atoms with Crippen LogP contribution in [-0.4, -0.2) is 14.8 Å². The van der Waals surface area contributed by atoms with Crippen LogP contribution in [0.1, 0.15) is 11.1 Å². The molecule has 30 heavy (non-hydrogen) atoms. The van der Waals surface area contributed by atoms with Crippen LogP contribution in [0.4, 0.5) is 0 Å². The molecule has 0 saturated carbocycles. The van der Waals surface area contributed by atoms with E-state index in [1.165, 1.54) is 0 Å². The smallest absolute Gasteiger partial charge is 0.336 e. The Hall–Kier alpha value is -3.38. The Bertz CT molecular complexity index is 1450. The molecule has 5 rings (SSSR count). The van der Waals surface area contributed by atoms with Crippen molar-refractivity contribution in [3.05, 3.63) is 88.3 Å². The van der Waals surface area contributed by atoms with Gasteiger partial charge >= 0.3 is 5.63 Å². The third-order valence-electron chi connectivity index (χ3n) is 5.29. The quantitative estimate of drug-likeness (QED) is 0.226. The number of nitrogens with zero attached hydrogens (tertiary/aromatic N) is 3. The van der Waals surface area contributed by atoms with Crippen molar-refractivity contribution in [2.45, 2.75) is 17.8 Å². The second kappa shape index (κ2) is 7.46. The largest absolute Gasteiger partial charge is 0.423 e. The van der Waals surface area contributed by atoms with Gasteiger partial charge in [0, 0.05) is 29.8 Å². The van der Waals surface area contributed by atoms with E-state index in [0.29, 0.717) is 11.3 Å². The van der Waals surface area contributed by atoms with E-state index < -0.39 is 0 Å². The summed E-state index contributed by atoms with van der Waals surface area (Å²) in [6.45, 7) is 2.07. The molecule has 0 saturated heterocycles. The van der Waals surface area contributed by atoms with Crippen LogP contribution in [0, 0.1) is 6.92 Å². The summed E-state index contributed by atoms with van der Waals surface area (Å²) in [7, 11) is 1.97. The zero-order chi connectivity index (χ0) is 20.7. The van der Waals surface area contributed by atoms with Gasteiger partial charge in [0.1, 0.15) is 5.58 Å². The van der Waals surface area contributed by atoms with E-state index in [9.17, 15) is 4.79 Å². The maximum absolute atomic E-state index is 12.1. The van der Waals surface area contributed by atoms with E-state index in [4.69, 9.17) is 4.42 Å². The van der Waals surface area contributed by atoms with E-state index in [1.807, 2.05) is 48.0 Å². The summed E-state index contributed by atoms with van der Waals surface area (Å²) in [5.41, 5.74) is 3.42. The first-order chi connectivity index (χ1) is 14.6. The van der Waals surface area contributed by atoms with E-state index in [2.05, 4.69) is 41.4 Å². The lowest BCUT2D eigenvalue weighted by Crippen LogP contribution is -2.01. The van der Waals surface area contributed by atoms with Crippen LogP contribution in [0.3, 0.4) is 0 Å². The van der Waals surface area contributed by atoms with Gasteiger partial charge in [0.05, 0.1) is 0 Å². The summed E-state index contributed by atoms with van der Waals surface area (Å²) < 4.78 is 7.46. The Morgan fingerprint density at radius 2 is 1.80 bits per heavy atom. The number of aromatic nitrogens is 3. The second-order valence-electron chi connectivity index (χ2n) is 7.22. The van der Waals surface area contributed by atoms with E-state index >= 15 is 0 Å². The molecule has 2 aromatic heterocycles. The third kappa shape index (κ3) is 3.19. The van der Waals surface area contributed by atoms with Gasteiger partial charge in [0.15, 0.2) is 11.0 Å². The number of benzene rings is 3. The van der Waals surface area contributed by atoms with Gasteiger partial charge in [-0.3, -0.25) is 0 Å². The lowest BCUT2D eigenvalue weighted by molar-refractivity contribution is 0.560. The molecule has 0 aliphatic carbocycles. The maximum atomic E-state index is 12.1. The van der Waals surface area contributed by atoms with Gasteiger partial charge in [0.2, 0.25) is 0 Å². The minimum Gasteiger partial charge on any atom is -0.423 e. The van der Waals surface area contributed by atoms with Crippen LogP contribution in [0.25, 0.3) is 33.1 Å². The summed E-state index contributed by atoms with van der Waals surface area (Å²) in [6, 6.07) is 21.7. The molecule has 0 aliphatic heterocycles. The highest BCUT2D eigenvalue weighted by molar-refractivity contribution is 7.98. The molecule has 5 nitrogen and oxygen atoms in total. The first kappa shape index (κ1) is 18.6. The van der Waals surface area contributed by atoms with E-state index in [-0.39, 0.29) is 5.63 Å². The highest BCUT2D eigenvalue weighted by atomic mass is 32.2. The summed E-state index contributed by atoms with van der Waals surface area (Å²) in [6.07, 6.45) is 0. The number of fused-ring (bicyclic) bond motifs is 3. The Morgan fingerprint density at radius 3 is 2.67 bits per heavy atom. The van der Waals surface area contributed by atoms with Gasteiger partial charge in [-0.15, -0.1) is 10.2 Å². The maximum Gasteiger partial charge on any atom is 0.336 e. The van der Waals surface area contributed by atoms with Crippen molar-refractivity contribution in [1.29, 1.82) is 0 Å². The fraction of sp³-hybridized carbons (Fsp3) is 0.125. The summed E-state index contributed by atoms with van der Waals surface area (Å²) >= 11 is 1.56. The molecular weight excluding hydrogens is 394 g/mol. The zero-order valence-electron chi connectivity index (χ0n) is 16.6. The zero-order valence-corrected chi connectivity index (χ0v) is 17.4. The van der Waals surface area contributed by atoms with Crippen molar-refractivity contribution in [2.75, 3.05) is 0 Å². The van der Waals surface area contributed by atoms with E-state index in [0.717, 1.165) is 43.8 Å². The predicted octanol–water partition coefficient (Wildman–Crippen LogP) is 5.34. The summed E-state index contributed by atoms with van der Waals surface area (Å²) in [5, 5.41) is 12.8. The van der Waals surface area contributed by atoms with Gasteiger partial charge in [-0.05, 0) is 34.9 Å². The third-order valence-corrected chi connectivity index (χ3v) is 6.36. The second-order valence-corrected chi connectivity index (χ2v) is 8.16. The van der Waals surface area contributed by atoms with Crippen LogP contribution in [0.15, 0.2) is 81.1 Å². The molecule has 5 aromatic rings. The van der Waals surface area contributed by atoms with Crippen LogP contribution in [-0.2, 0) is 12.8 Å². The van der Waals surface area contributed by atoms with Crippen molar-refractivity contribution in [3.8, 4) is 11.4 Å². The van der Waals surface area contributed by atoms with Crippen LogP contribution in [0.5, 0.6) is 0 Å². The number of thioether (sulfide) groups is 1. The fourth-order valence-electron chi connectivity index (χ4n) is 3.78. The highest BCUT2D eigenvalue weighted by Gasteiger charge is 2.15. The van der Waals surface area contributed by atoms with Crippen molar-refractivity contribution in [3.63, 3.8) is 0 Å². The molecule has 0 radical (unpaired) electrons. The monoisotopic (exact) mass is 413 g/mol.